The van der Waals surface area contributed by atoms with Gasteiger partial charge in [0, 0.05) is 12.1 Å². The van der Waals surface area contributed by atoms with Crippen molar-refractivity contribution < 1.29 is 19.0 Å². The molecule has 6 heteroatoms. The molecule has 0 unspecified atom stereocenters. The second-order valence-corrected chi connectivity index (χ2v) is 6.55. The average molecular weight is 378 g/mol. The number of amides is 1. The van der Waals surface area contributed by atoms with Crippen molar-refractivity contribution in [3.8, 4) is 17.2 Å². The minimum Gasteiger partial charge on any atom is -0.495 e. The zero-order valence-corrected chi connectivity index (χ0v) is 16.7. The summed E-state index contributed by atoms with van der Waals surface area (Å²) in [5, 5.41) is 3.20. The van der Waals surface area contributed by atoms with Gasteiger partial charge in [0.15, 0.2) is 6.10 Å². The van der Waals surface area contributed by atoms with E-state index in [9.17, 15) is 4.79 Å². The van der Waals surface area contributed by atoms with Crippen molar-refractivity contribution in [2.45, 2.75) is 33.8 Å². The summed E-state index contributed by atoms with van der Waals surface area (Å²) in [6.45, 7) is 7.69. The summed E-state index contributed by atoms with van der Waals surface area (Å²) in [7, 11) is 3.01. The number of halogens is 1. The van der Waals surface area contributed by atoms with Crippen LogP contribution in [0.25, 0.3) is 0 Å². The van der Waals surface area contributed by atoms with Gasteiger partial charge in [-0.3, -0.25) is 4.79 Å². The molecule has 0 aliphatic heterocycles. The average Bonchev–Trinajstić information content (AvgIpc) is 2.60. The number of rotatable bonds is 6. The third-order valence-electron chi connectivity index (χ3n) is 4.17. The van der Waals surface area contributed by atoms with E-state index in [1.54, 1.807) is 19.1 Å². The Labute approximate surface area is 159 Å². The van der Waals surface area contributed by atoms with Gasteiger partial charge in [0.2, 0.25) is 0 Å². The fraction of sp³-hybridized carbons (Fsp3) is 0.350. The Morgan fingerprint density at radius 1 is 1.00 bits per heavy atom. The van der Waals surface area contributed by atoms with E-state index in [-0.39, 0.29) is 5.91 Å². The summed E-state index contributed by atoms with van der Waals surface area (Å²) in [5.74, 6) is 1.29. The van der Waals surface area contributed by atoms with Gasteiger partial charge in [0.1, 0.15) is 17.2 Å². The Kier molecular flexibility index (Phi) is 6.37. The number of aryl methyl sites for hydroxylation is 2. The van der Waals surface area contributed by atoms with Crippen molar-refractivity contribution in [1.29, 1.82) is 0 Å². The molecule has 2 rings (SSSR count). The third kappa shape index (κ3) is 4.41. The molecule has 1 amide bonds. The summed E-state index contributed by atoms with van der Waals surface area (Å²) in [6.07, 6.45) is -0.693. The number of nitrogens with one attached hydrogen (secondary N) is 1. The molecule has 140 valence electrons. The van der Waals surface area contributed by atoms with Crippen molar-refractivity contribution in [3.63, 3.8) is 0 Å². The van der Waals surface area contributed by atoms with E-state index in [0.29, 0.717) is 28.0 Å². The van der Waals surface area contributed by atoms with Crippen molar-refractivity contribution in [2.24, 2.45) is 0 Å². The van der Waals surface area contributed by atoms with Crippen molar-refractivity contribution >= 4 is 23.2 Å². The van der Waals surface area contributed by atoms with Crippen LogP contribution in [0.5, 0.6) is 17.2 Å². The Morgan fingerprint density at radius 2 is 1.65 bits per heavy atom. The number of hydrogen-bond acceptors (Lipinski definition) is 4. The van der Waals surface area contributed by atoms with Gasteiger partial charge in [-0.2, -0.15) is 0 Å². The van der Waals surface area contributed by atoms with Gasteiger partial charge in [0.25, 0.3) is 5.91 Å². The summed E-state index contributed by atoms with van der Waals surface area (Å²) < 4.78 is 16.4. The zero-order valence-electron chi connectivity index (χ0n) is 15.9. The lowest BCUT2D eigenvalue weighted by Gasteiger charge is -2.19. The summed E-state index contributed by atoms with van der Waals surface area (Å²) in [4.78, 5) is 12.6. The molecule has 0 aliphatic carbocycles. The minimum atomic E-state index is -0.693. The maximum atomic E-state index is 12.6. The second kappa shape index (κ2) is 8.32. The monoisotopic (exact) mass is 377 g/mol. The normalized spacial score (nSPS) is 11.7. The number of carbonyl (C=O) groups is 1. The summed E-state index contributed by atoms with van der Waals surface area (Å²) in [5.41, 5.74) is 3.68. The highest BCUT2D eigenvalue weighted by Crippen LogP contribution is 2.36. The molecule has 0 bridgehead atoms. The van der Waals surface area contributed by atoms with E-state index in [1.807, 2.05) is 26.8 Å². The molecule has 1 N–H and O–H groups in total. The fourth-order valence-electron chi connectivity index (χ4n) is 2.56. The Balaban J connectivity index is 2.20. The highest BCUT2D eigenvalue weighted by molar-refractivity contribution is 6.32. The maximum Gasteiger partial charge on any atom is 0.265 e. The van der Waals surface area contributed by atoms with Crippen molar-refractivity contribution in [1.82, 2.24) is 0 Å². The van der Waals surface area contributed by atoms with E-state index in [0.717, 1.165) is 16.7 Å². The van der Waals surface area contributed by atoms with Crippen molar-refractivity contribution in [2.75, 3.05) is 19.5 Å². The summed E-state index contributed by atoms with van der Waals surface area (Å²) in [6, 6.07) is 7.22. The van der Waals surface area contributed by atoms with Crippen LogP contribution in [0.3, 0.4) is 0 Å². The fourth-order valence-corrected chi connectivity index (χ4v) is 2.79. The van der Waals surface area contributed by atoms with Gasteiger partial charge in [-0.25, -0.2) is 0 Å². The van der Waals surface area contributed by atoms with E-state index in [1.165, 1.54) is 14.2 Å². The van der Waals surface area contributed by atoms with Crippen LogP contribution in [-0.4, -0.2) is 26.2 Å². The lowest BCUT2D eigenvalue weighted by molar-refractivity contribution is -0.122. The van der Waals surface area contributed by atoms with Crippen LogP contribution in [0.1, 0.15) is 23.6 Å². The van der Waals surface area contributed by atoms with Gasteiger partial charge in [-0.15, -0.1) is 0 Å². The van der Waals surface area contributed by atoms with Gasteiger partial charge < -0.3 is 19.5 Å². The number of carbonyl (C=O) groups excluding carboxylic acids is 1. The van der Waals surface area contributed by atoms with E-state index >= 15 is 0 Å². The second-order valence-electron chi connectivity index (χ2n) is 6.14. The number of hydrogen-bond donors (Lipinski definition) is 1. The van der Waals surface area contributed by atoms with Crippen LogP contribution in [0.4, 0.5) is 5.69 Å². The van der Waals surface area contributed by atoms with E-state index < -0.39 is 6.10 Å². The van der Waals surface area contributed by atoms with Gasteiger partial charge >= 0.3 is 0 Å². The first kappa shape index (κ1) is 19.9. The Morgan fingerprint density at radius 3 is 2.27 bits per heavy atom. The predicted molar refractivity (Wildman–Crippen MR) is 104 cm³/mol. The molecule has 26 heavy (non-hydrogen) atoms. The van der Waals surface area contributed by atoms with E-state index in [4.69, 9.17) is 25.8 Å². The first-order valence-corrected chi connectivity index (χ1v) is 8.61. The molecule has 2 aromatic rings. The van der Waals surface area contributed by atoms with Gasteiger partial charge in [0.05, 0.1) is 24.9 Å². The number of anilines is 1. The van der Waals surface area contributed by atoms with E-state index in [2.05, 4.69) is 11.4 Å². The largest absolute Gasteiger partial charge is 0.495 e. The van der Waals surface area contributed by atoms with Crippen LogP contribution in [0, 0.1) is 20.8 Å². The zero-order chi connectivity index (χ0) is 19.4. The molecule has 0 fully saturated rings. The molecule has 0 aliphatic rings. The summed E-state index contributed by atoms with van der Waals surface area (Å²) >= 11 is 6.09. The number of benzene rings is 2. The smallest absolute Gasteiger partial charge is 0.265 e. The molecule has 0 heterocycles. The first-order valence-electron chi connectivity index (χ1n) is 8.23. The molecule has 2 aromatic carbocycles. The highest BCUT2D eigenvalue weighted by atomic mass is 35.5. The lowest BCUT2D eigenvalue weighted by atomic mass is 10.1. The van der Waals surface area contributed by atoms with Crippen LogP contribution >= 0.6 is 11.6 Å². The molecule has 0 radical (unpaired) electrons. The Bertz CT molecular complexity index is 820. The van der Waals surface area contributed by atoms with Gasteiger partial charge in [-0.05, 0) is 50.5 Å². The van der Waals surface area contributed by atoms with Crippen LogP contribution < -0.4 is 19.5 Å². The predicted octanol–water partition coefficient (Wildman–Crippen LogP) is 4.69. The molecule has 1 atom stereocenters. The quantitative estimate of drug-likeness (QED) is 0.793. The molecule has 0 saturated carbocycles. The van der Waals surface area contributed by atoms with Crippen molar-refractivity contribution in [3.05, 3.63) is 46.0 Å². The molecule has 0 aromatic heterocycles. The number of methoxy groups -OCH3 is 2. The molecule has 5 nitrogen and oxygen atoms in total. The SMILES string of the molecule is COc1cc(NC(=O)[C@@H](C)Oc2cc(C)cc(C)c2C)c(OC)cc1Cl. The Hall–Kier alpha value is -2.40. The minimum absolute atomic E-state index is 0.300. The standard InChI is InChI=1S/C20H24ClNO4/c1-11-7-12(2)13(3)17(8-11)26-14(4)20(23)22-16-10-18(24-5)15(21)9-19(16)25-6/h7-10,14H,1-6H3,(H,22,23)/t14-/m1/s1. The third-order valence-corrected chi connectivity index (χ3v) is 4.46. The maximum absolute atomic E-state index is 12.6. The first-order chi connectivity index (χ1) is 12.3. The topological polar surface area (TPSA) is 56.8 Å². The number of ether oxygens (including phenoxy) is 3. The molecule has 0 saturated heterocycles. The molecular formula is C20H24ClNO4. The van der Waals surface area contributed by atoms with Crippen LogP contribution in [-0.2, 0) is 4.79 Å². The van der Waals surface area contributed by atoms with Gasteiger partial charge in [-0.1, -0.05) is 17.7 Å². The van der Waals surface area contributed by atoms with Crippen LogP contribution in [0.15, 0.2) is 24.3 Å². The molecular weight excluding hydrogens is 354 g/mol. The van der Waals surface area contributed by atoms with Crippen LogP contribution in [0.2, 0.25) is 5.02 Å². The lowest BCUT2D eigenvalue weighted by Crippen LogP contribution is -2.30. The molecule has 0 spiro atoms. The highest BCUT2D eigenvalue weighted by Gasteiger charge is 2.19.